The van der Waals surface area contributed by atoms with Gasteiger partial charge in [0.15, 0.2) is 0 Å². The van der Waals surface area contributed by atoms with Crippen molar-refractivity contribution in [2.75, 3.05) is 13.2 Å². The minimum Gasteiger partial charge on any atom is -0.494 e. The molecule has 0 aliphatic carbocycles. The molecule has 1 aliphatic heterocycles. The third-order valence-corrected chi connectivity index (χ3v) is 4.39. The predicted molar refractivity (Wildman–Crippen MR) is 106 cm³/mol. The second-order valence-corrected chi connectivity index (χ2v) is 6.23. The van der Waals surface area contributed by atoms with Crippen molar-refractivity contribution in [3.05, 3.63) is 65.5 Å². The standard InChI is InChI=1S/C20H24FNO.2ClH/c21-18-8-4-16(5-9-18)15-17-6-10-20(11-7-17)23-14-12-19-3-1-2-13-22-19;;/h4-11,19,22H,1-3,12-15H2;2*1H. The van der Waals surface area contributed by atoms with Crippen LogP contribution in [0.2, 0.25) is 0 Å². The molecule has 0 aromatic heterocycles. The SMILES string of the molecule is Cl.Cl.Fc1ccc(Cc2ccc(OCCC3CCCCN3)cc2)cc1. The quantitative estimate of drug-likeness (QED) is 0.740. The van der Waals surface area contributed by atoms with Gasteiger partial charge >= 0.3 is 0 Å². The molecule has 1 fully saturated rings. The molecule has 2 nitrogen and oxygen atoms in total. The lowest BCUT2D eigenvalue weighted by molar-refractivity contribution is 0.268. The zero-order valence-corrected chi connectivity index (χ0v) is 15.9. The van der Waals surface area contributed by atoms with Crippen molar-refractivity contribution >= 4 is 24.8 Å². The molecule has 1 unspecified atom stereocenters. The van der Waals surface area contributed by atoms with Crippen LogP contribution in [0.15, 0.2) is 48.5 Å². The normalized spacial score (nSPS) is 16.4. The summed E-state index contributed by atoms with van der Waals surface area (Å²) in [6.07, 6.45) is 5.77. The maximum absolute atomic E-state index is 12.9. The molecule has 138 valence electrons. The number of rotatable bonds is 6. The average molecular weight is 386 g/mol. The minimum atomic E-state index is -0.190. The molecule has 5 heteroatoms. The Morgan fingerprint density at radius 2 is 1.56 bits per heavy atom. The summed E-state index contributed by atoms with van der Waals surface area (Å²) in [7, 11) is 0. The van der Waals surface area contributed by atoms with Gasteiger partial charge in [-0.15, -0.1) is 24.8 Å². The van der Waals surface area contributed by atoms with Gasteiger partial charge in [0.25, 0.3) is 0 Å². The summed E-state index contributed by atoms with van der Waals surface area (Å²) < 4.78 is 18.8. The molecule has 1 N–H and O–H groups in total. The molecular formula is C20H26Cl2FNO. The first-order valence-electron chi connectivity index (χ1n) is 8.49. The third-order valence-electron chi connectivity index (χ3n) is 4.39. The Morgan fingerprint density at radius 3 is 2.16 bits per heavy atom. The first-order chi connectivity index (χ1) is 11.3. The Kier molecular flexibility index (Phi) is 9.88. The van der Waals surface area contributed by atoms with Crippen LogP contribution >= 0.6 is 24.8 Å². The molecular weight excluding hydrogens is 360 g/mol. The third kappa shape index (κ3) is 7.23. The van der Waals surface area contributed by atoms with E-state index in [1.807, 2.05) is 24.3 Å². The first kappa shape index (κ1) is 21.8. The van der Waals surface area contributed by atoms with Gasteiger partial charge in [0.2, 0.25) is 0 Å². The summed E-state index contributed by atoms with van der Waals surface area (Å²) in [4.78, 5) is 0. The molecule has 0 bridgehead atoms. The second kappa shape index (κ2) is 11.3. The molecule has 0 amide bonds. The molecule has 1 saturated heterocycles. The number of ether oxygens (including phenoxy) is 1. The van der Waals surface area contributed by atoms with Crippen LogP contribution in [0.5, 0.6) is 5.75 Å². The summed E-state index contributed by atoms with van der Waals surface area (Å²) in [6.45, 7) is 1.90. The van der Waals surface area contributed by atoms with Crippen LogP contribution in [0.1, 0.15) is 36.8 Å². The van der Waals surface area contributed by atoms with E-state index in [0.717, 1.165) is 37.3 Å². The highest BCUT2D eigenvalue weighted by Gasteiger charge is 2.11. The molecule has 1 aliphatic rings. The van der Waals surface area contributed by atoms with Crippen molar-refractivity contribution in [3.8, 4) is 5.75 Å². The lowest BCUT2D eigenvalue weighted by Crippen LogP contribution is -2.35. The van der Waals surface area contributed by atoms with Gasteiger partial charge in [-0.1, -0.05) is 30.7 Å². The van der Waals surface area contributed by atoms with Crippen LogP contribution in [0.25, 0.3) is 0 Å². The number of nitrogens with one attached hydrogen (secondary N) is 1. The largest absolute Gasteiger partial charge is 0.494 e. The van der Waals surface area contributed by atoms with Crippen molar-refractivity contribution in [3.63, 3.8) is 0 Å². The summed E-state index contributed by atoms with van der Waals surface area (Å²) in [6, 6.07) is 15.5. The molecule has 25 heavy (non-hydrogen) atoms. The number of halogens is 3. The van der Waals surface area contributed by atoms with Gasteiger partial charge in [0.1, 0.15) is 11.6 Å². The number of hydrogen-bond acceptors (Lipinski definition) is 2. The van der Waals surface area contributed by atoms with E-state index in [1.165, 1.54) is 37.0 Å². The summed E-state index contributed by atoms with van der Waals surface area (Å²) >= 11 is 0. The lowest BCUT2D eigenvalue weighted by atomic mass is 10.0. The minimum absolute atomic E-state index is 0. The van der Waals surface area contributed by atoms with E-state index in [9.17, 15) is 4.39 Å². The highest BCUT2D eigenvalue weighted by molar-refractivity contribution is 5.85. The van der Waals surface area contributed by atoms with Crippen LogP contribution in [0.4, 0.5) is 4.39 Å². The van der Waals surface area contributed by atoms with Crippen molar-refractivity contribution in [1.82, 2.24) is 5.32 Å². The van der Waals surface area contributed by atoms with E-state index >= 15 is 0 Å². The van der Waals surface area contributed by atoms with E-state index in [2.05, 4.69) is 17.4 Å². The van der Waals surface area contributed by atoms with Gasteiger partial charge in [-0.3, -0.25) is 0 Å². The number of benzene rings is 2. The van der Waals surface area contributed by atoms with E-state index in [4.69, 9.17) is 4.74 Å². The molecule has 1 atom stereocenters. The Labute approximate surface area is 162 Å². The fourth-order valence-electron chi connectivity index (χ4n) is 3.03. The van der Waals surface area contributed by atoms with Crippen molar-refractivity contribution in [2.24, 2.45) is 0 Å². The summed E-state index contributed by atoms with van der Waals surface area (Å²) in [5.74, 6) is 0.730. The fourth-order valence-corrected chi connectivity index (χ4v) is 3.03. The van der Waals surface area contributed by atoms with Gasteiger partial charge in [-0.2, -0.15) is 0 Å². The monoisotopic (exact) mass is 385 g/mol. The maximum atomic E-state index is 12.9. The van der Waals surface area contributed by atoms with Gasteiger partial charge < -0.3 is 10.1 Å². The van der Waals surface area contributed by atoms with Gasteiger partial charge in [0.05, 0.1) is 6.61 Å². The Hall–Kier alpha value is -1.29. The highest BCUT2D eigenvalue weighted by Crippen LogP contribution is 2.17. The maximum Gasteiger partial charge on any atom is 0.123 e. The Balaban J connectivity index is 0.00000156. The fraction of sp³-hybridized carbons (Fsp3) is 0.400. The van der Waals surface area contributed by atoms with E-state index in [0.29, 0.717) is 6.04 Å². The van der Waals surface area contributed by atoms with Crippen LogP contribution in [-0.2, 0) is 6.42 Å². The van der Waals surface area contributed by atoms with Crippen LogP contribution in [0, 0.1) is 5.82 Å². The zero-order chi connectivity index (χ0) is 15.9. The van der Waals surface area contributed by atoms with Crippen LogP contribution < -0.4 is 10.1 Å². The number of hydrogen-bond donors (Lipinski definition) is 1. The predicted octanol–water partition coefficient (Wildman–Crippen LogP) is 5.17. The van der Waals surface area contributed by atoms with E-state index < -0.39 is 0 Å². The Morgan fingerprint density at radius 1 is 0.920 bits per heavy atom. The topological polar surface area (TPSA) is 21.3 Å². The van der Waals surface area contributed by atoms with Crippen molar-refractivity contribution in [2.45, 2.75) is 38.1 Å². The van der Waals surface area contributed by atoms with Crippen molar-refractivity contribution < 1.29 is 9.13 Å². The lowest BCUT2D eigenvalue weighted by Gasteiger charge is -2.23. The zero-order valence-electron chi connectivity index (χ0n) is 14.2. The summed E-state index contributed by atoms with van der Waals surface area (Å²) in [5.41, 5.74) is 2.32. The van der Waals surface area contributed by atoms with Crippen LogP contribution in [0.3, 0.4) is 0 Å². The van der Waals surface area contributed by atoms with Crippen molar-refractivity contribution in [1.29, 1.82) is 0 Å². The second-order valence-electron chi connectivity index (χ2n) is 6.23. The van der Waals surface area contributed by atoms with Gasteiger partial charge in [-0.05, 0) is 67.6 Å². The highest BCUT2D eigenvalue weighted by atomic mass is 35.5. The molecule has 0 saturated carbocycles. The molecule has 0 spiro atoms. The van der Waals surface area contributed by atoms with Crippen LogP contribution in [-0.4, -0.2) is 19.2 Å². The van der Waals surface area contributed by atoms with E-state index in [-0.39, 0.29) is 30.6 Å². The van der Waals surface area contributed by atoms with Gasteiger partial charge in [-0.25, -0.2) is 4.39 Å². The number of piperidine rings is 1. The molecule has 2 aromatic carbocycles. The molecule has 1 heterocycles. The summed E-state index contributed by atoms with van der Waals surface area (Å²) in [5, 5.41) is 3.54. The smallest absolute Gasteiger partial charge is 0.123 e. The molecule has 2 aromatic rings. The van der Waals surface area contributed by atoms with Gasteiger partial charge in [0, 0.05) is 6.04 Å². The average Bonchev–Trinajstić information content (AvgIpc) is 2.59. The first-order valence-corrected chi connectivity index (χ1v) is 8.49. The Bertz CT molecular complexity index is 598. The molecule has 0 radical (unpaired) electrons. The molecule has 3 rings (SSSR count). The van der Waals surface area contributed by atoms with E-state index in [1.54, 1.807) is 0 Å².